The topological polar surface area (TPSA) is 170 Å². The van der Waals surface area contributed by atoms with E-state index in [9.17, 15) is 19.2 Å². The number of unbranched alkanes of at least 4 members (excludes halogenated alkanes) is 1. The largest absolute Gasteiger partial charge is 0.459 e. The minimum absolute atomic E-state index is 0.0577. The molecule has 2 saturated heterocycles. The first-order valence-electron chi connectivity index (χ1n) is 26.9. The maximum atomic E-state index is 14.6. The summed E-state index contributed by atoms with van der Waals surface area (Å²) in [5.74, 6) is -3.31. The smallest absolute Gasteiger partial charge is 0.338 e. The van der Waals surface area contributed by atoms with Gasteiger partial charge in [-0.1, -0.05) is 170 Å². The molecule has 0 unspecified atom stereocenters. The van der Waals surface area contributed by atoms with Crippen molar-refractivity contribution in [1.82, 2.24) is 0 Å². The molecule has 0 aliphatic carbocycles. The first-order valence-corrected chi connectivity index (χ1v) is 26.9. The third kappa shape index (κ3) is 16.3. The molecule has 2 heterocycles. The molecule has 0 radical (unpaired) electrons. The van der Waals surface area contributed by atoms with Crippen molar-refractivity contribution in [3.63, 3.8) is 0 Å². The van der Waals surface area contributed by atoms with Gasteiger partial charge in [-0.25, -0.2) is 19.2 Å². The maximum absolute atomic E-state index is 14.6. The van der Waals surface area contributed by atoms with Crippen molar-refractivity contribution < 1.29 is 71.3 Å². The highest BCUT2D eigenvalue weighted by Crippen LogP contribution is 2.37. The molecule has 2 aliphatic heterocycles. The van der Waals surface area contributed by atoms with Crippen LogP contribution in [0.4, 0.5) is 0 Å². The highest BCUT2D eigenvalue weighted by molar-refractivity contribution is 5.91. The van der Waals surface area contributed by atoms with E-state index in [0.717, 1.165) is 16.7 Å². The van der Waals surface area contributed by atoms with E-state index >= 15 is 0 Å². The first kappa shape index (κ1) is 57.6. The van der Waals surface area contributed by atoms with Crippen LogP contribution in [0.3, 0.4) is 0 Å². The lowest BCUT2D eigenvalue weighted by Gasteiger charge is -2.49. The van der Waals surface area contributed by atoms with Crippen LogP contribution in [-0.2, 0) is 71.9 Å². The molecule has 15 nitrogen and oxygen atoms in total. The van der Waals surface area contributed by atoms with Crippen LogP contribution in [0.5, 0.6) is 0 Å². The normalized spacial score (nSPS) is 22.4. The molecule has 9 rings (SSSR count). The van der Waals surface area contributed by atoms with Gasteiger partial charge in [-0.05, 0) is 78.1 Å². The minimum atomic E-state index is -1.74. The zero-order chi connectivity index (χ0) is 56.0. The first-order chi connectivity index (χ1) is 39.8. The van der Waals surface area contributed by atoms with Gasteiger partial charge in [0.1, 0.15) is 37.1 Å². The van der Waals surface area contributed by atoms with Gasteiger partial charge in [-0.3, -0.25) is 0 Å². The molecule has 0 aromatic heterocycles. The predicted molar refractivity (Wildman–Crippen MR) is 297 cm³/mol. The fourth-order valence-corrected chi connectivity index (χ4v) is 9.30. The summed E-state index contributed by atoms with van der Waals surface area (Å²) < 4.78 is 73.3. The van der Waals surface area contributed by atoms with E-state index in [1.54, 1.807) is 121 Å². The fourth-order valence-electron chi connectivity index (χ4n) is 9.30. The molecule has 0 spiro atoms. The molecule has 0 N–H and O–H groups in total. The lowest BCUT2D eigenvalue weighted by atomic mass is 9.95. The summed E-state index contributed by atoms with van der Waals surface area (Å²) in [6.07, 6.45) is -10.6. The summed E-state index contributed by atoms with van der Waals surface area (Å²) in [4.78, 5) is 57.3. The number of hydrogen-bond acceptors (Lipinski definition) is 15. The van der Waals surface area contributed by atoms with E-state index in [4.69, 9.17) is 52.1 Å². The Bertz CT molecular complexity index is 3030. The van der Waals surface area contributed by atoms with Crippen molar-refractivity contribution in [2.24, 2.45) is 0 Å². The molecule has 81 heavy (non-hydrogen) atoms. The number of esters is 4. The van der Waals surface area contributed by atoms with E-state index in [1.807, 2.05) is 97.1 Å². The van der Waals surface area contributed by atoms with Crippen molar-refractivity contribution in [3.05, 3.63) is 264 Å². The zero-order valence-corrected chi connectivity index (χ0v) is 44.5. The van der Waals surface area contributed by atoms with Gasteiger partial charge in [0.15, 0.2) is 30.9 Å². The molecule has 0 bridgehead atoms. The van der Waals surface area contributed by atoms with Gasteiger partial charge in [0.05, 0.1) is 55.3 Å². The lowest BCUT2D eigenvalue weighted by Crippen LogP contribution is -2.67. The van der Waals surface area contributed by atoms with Crippen molar-refractivity contribution in [1.29, 1.82) is 0 Å². The second kappa shape index (κ2) is 29.9. The molecule has 0 amide bonds. The van der Waals surface area contributed by atoms with Crippen LogP contribution in [0.15, 0.2) is 225 Å². The Morgan fingerprint density at radius 3 is 1.27 bits per heavy atom. The summed E-state index contributed by atoms with van der Waals surface area (Å²) in [5.41, 5.74) is 3.18. The van der Waals surface area contributed by atoms with E-state index in [2.05, 4.69) is 6.58 Å². The lowest BCUT2D eigenvalue weighted by molar-refractivity contribution is -0.367. The average Bonchev–Trinajstić information content (AvgIpc) is 3.67. The molecule has 7 aromatic carbocycles. The summed E-state index contributed by atoms with van der Waals surface area (Å²) >= 11 is 0. The predicted octanol–water partition coefficient (Wildman–Crippen LogP) is 10.7. The van der Waals surface area contributed by atoms with Gasteiger partial charge in [0, 0.05) is 0 Å². The van der Waals surface area contributed by atoms with Gasteiger partial charge in [0.25, 0.3) is 0 Å². The van der Waals surface area contributed by atoms with E-state index in [0.29, 0.717) is 12.8 Å². The fraction of sp³-hybridized carbons (Fsp3) is 0.273. The Balaban J connectivity index is 1.17. The summed E-state index contributed by atoms with van der Waals surface area (Å²) in [7, 11) is 0. The molecule has 15 heteroatoms. The molecule has 418 valence electrons. The molecule has 2 fully saturated rings. The van der Waals surface area contributed by atoms with Crippen LogP contribution in [0, 0.1) is 0 Å². The monoisotopic (exact) mass is 1100 g/mol. The number of allylic oxidation sites excluding steroid dienone is 1. The van der Waals surface area contributed by atoms with Crippen molar-refractivity contribution >= 4 is 23.9 Å². The minimum Gasteiger partial charge on any atom is -0.459 e. The maximum Gasteiger partial charge on any atom is 0.338 e. The average molecular weight is 1100 g/mol. The van der Waals surface area contributed by atoms with Crippen LogP contribution >= 0.6 is 0 Å². The molecular formula is C66H64O15. The van der Waals surface area contributed by atoms with E-state index < -0.39 is 91.9 Å². The SMILES string of the molecule is C=CCCCO[C@@H]1O[C@H](COCc2ccccc2)[C@@H](O[C@@H]2O[C@H](COC(=O)c3ccccc3)[C@@H](OC(=O)c3ccccc3)[C@H](OC(=O)c3ccccc3)[C@H]2OC(=O)c2ccccc2)[C@H](OCc2ccccc2)[C@H]1OCc1ccccc1. The van der Waals surface area contributed by atoms with Gasteiger partial charge < -0.3 is 52.1 Å². The van der Waals surface area contributed by atoms with Crippen LogP contribution in [-0.4, -0.2) is 105 Å². The van der Waals surface area contributed by atoms with Crippen LogP contribution in [0.1, 0.15) is 71.0 Å². The Kier molecular flexibility index (Phi) is 21.3. The van der Waals surface area contributed by atoms with Crippen LogP contribution < -0.4 is 0 Å². The zero-order valence-electron chi connectivity index (χ0n) is 44.5. The number of carbonyl (C=O) groups is 4. The summed E-state index contributed by atoms with van der Waals surface area (Å²) in [5, 5.41) is 0. The number of hydrogen-bond donors (Lipinski definition) is 0. The molecule has 10 atom stereocenters. The number of carbonyl (C=O) groups excluding carboxylic acids is 4. The van der Waals surface area contributed by atoms with Gasteiger partial charge in [0.2, 0.25) is 0 Å². The second-order valence-corrected chi connectivity index (χ2v) is 19.2. The quantitative estimate of drug-likeness (QED) is 0.0217. The highest BCUT2D eigenvalue weighted by atomic mass is 16.8. The Hall–Kier alpha value is -8.12. The van der Waals surface area contributed by atoms with Crippen LogP contribution in [0.25, 0.3) is 0 Å². The van der Waals surface area contributed by atoms with Crippen molar-refractivity contribution in [3.8, 4) is 0 Å². The third-order valence-electron chi connectivity index (χ3n) is 13.4. The van der Waals surface area contributed by atoms with Gasteiger partial charge in [-0.15, -0.1) is 6.58 Å². The second-order valence-electron chi connectivity index (χ2n) is 19.2. The Morgan fingerprint density at radius 1 is 0.395 bits per heavy atom. The molecular weight excluding hydrogens is 1030 g/mol. The van der Waals surface area contributed by atoms with E-state index in [1.165, 1.54) is 0 Å². The molecule has 0 saturated carbocycles. The Morgan fingerprint density at radius 2 is 0.790 bits per heavy atom. The molecule has 2 aliphatic rings. The third-order valence-corrected chi connectivity index (χ3v) is 13.4. The van der Waals surface area contributed by atoms with Gasteiger partial charge in [-0.2, -0.15) is 0 Å². The standard InChI is InChI=1S/C66H64O15/c1-2-3-25-40-72-65-59(74-43-48-30-15-6-16-31-48)57(73-42-47-28-13-5-14-29-47)55(53(76-65)44-71-41-46-26-11-4-12-27-46)81-66-60(80-64(70)52-38-23-10-24-39-52)58(79-63(69)51-36-21-9-22-37-51)56(78-62(68)50-34-19-8-20-35-50)54(77-66)45-75-61(67)49-32-17-7-18-33-49/h2,4-24,26-39,53-60,65-66H,1,3,25,40-45H2/t53-,54-,55-,56-,57+,58+,59-,60-,65-,66+/m1/s1. The number of ether oxygens (including phenoxy) is 11. The van der Waals surface area contributed by atoms with Crippen LogP contribution in [0.2, 0.25) is 0 Å². The number of rotatable bonds is 26. The summed E-state index contributed by atoms with van der Waals surface area (Å²) in [6.45, 7) is 3.81. The van der Waals surface area contributed by atoms with Crippen molar-refractivity contribution in [2.45, 2.75) is 94.1 Å². The number of benzene rings is 7. The van der Waals surface area contributed by atoms with E-state index in [-0.39, 0.29) is 55.3 Å². The Labute approximate surface area is 471 Å². The van der Waals surface area contributed by atoms with Crippen molar-refractivity contribution in [2.75, 3.05) is 19.8 Å². The summed E-state index contributed by atoms with van der Waals surface area (Å²) in [6, 6.07) is 61.5. The highest BCUT2D eigenvalue weighted by Gasteiger charge is 2.57. The molecule has 7 aromatic rings. The van der Waals surface area contributed by atoms with Gasteiger partial charge >= 0.3 is 23.9 Å².